The summed E-state index contributed by atoms with van der Waals surface area (Å²) in [5, 5.41) is 17.6. The van der Waals surface area contributed by atoms with Crippen molar-refractivity contribution in [3.63, 3.8) is 0 Å². The Kier molecular flexibility index (Phi) is 8.09. The summed E-state index contributed by atoms with van der Waals surface area (Å²) in [6.45, 7) is 0.636. The minimum Gasteiger partial charge on any atom is -0.481 e. The van der Waals surface area contributed by atoms with Gasteiger partial charge >= 0.3 is 5.97 Å². The topological polar surface area (TPSA) is 91.3 Å². The van der Waals surface area contributed by atoms with E-state index in [1.807, 2.05) is 29.6 Å². The normalized spacial score (nSPS) is 10.7. The summed E-state index contributed by atoms with van der Waals surface area (Å²) in [4.78, 5) is 27.5. The number of nitrogens with zero attached hydrogens (tertiary/aromatic N) is 1. The van der Waals surface area contributed by atoms with Crippen molar-refractivity contribution in [2.75, 3.05) is 11.9 Å². The van der Waals surface area contributed by atoms with E-state index in [9.17, 15) is 14.0 Å². The van der Waals surface area contributed by atoms with Gasteiger partial charge in [-0.1, -0.05) is 12.1 Å². The molecule has 1 heterocycles. The second kappa shape index (κ2) is 11.4. The maximum Gasteiger partial charge on any atom is 0.305 e. The van der Waals surface area contributed by atoms with Gasteiger partial charge in [0, 0.05) is 44.4 Å². The van der Waals surface area contributed by atoms with Crippen LogP contribution in [-0.4, -0.2) is 28.5 Å². The van der Waals surface area contributed by atoms with Crippen LogP contribution in [0.25, 0.3) is 21.8 Å². The molecule has 0 spiro atoms. The quantitative estimate of drug-likeness (QED) is 0.204. The van der Waals surface area contributed by atoms with Gasteiger partial charge in [0.2, 0.25) is 0 Å². The molecule has 0 aliphatic heterocycles. The summed E-state index contributed by atoms with van der Waals surface area (Å²) in [5.41, 5.74) is 5.03. The molecule has 3 aromatic carbocycles. The van der Waals surface area contributed by atoms with Gasteiger partial charge in [-0.2, -0.15) is 0 Å². The number of carboxylic acid groups (broad SMARTS) is 1. The van der Waals surface area contributed by atoms with Crippen LogP contribution in [0.5, 0.6) is 0 Å². The maximum atomic E-state index is 13.3. The van der Waals surface area contributed by atoms with Gasteiger partial charge in [0.05, 0.1) is 12.1 Å². The van der Waals surface area contributed by atoms with Gasteiger partial charge < -0.3 is 15.7 Å². The van der Waals surface area contributed by atoms with E-state index in [2.05, 4.69) is 39.3 Å². The fourth-order valence-corrected chi connectivity index (χ4v) is 4.70. The summed E-state index contributed by atoms with van der Waals surface area (Å²) < 4.78 is 14.3. The number of rotatable bonds is 9. The second-order valence-electron chi connectivity index (χ2n) is 7.68. The number of hydrogen-bond acceptors (Lipinski definition) is 5. The molecule has 0 radical (unpaired) electrons. The summed E-state index contributed by atoms with van der Waals surface area (Å²) in [5.74, 6) is -1.53. The predicted molar refractivity (Wildman–Crippen MR) is 144 cm³/mol. The summed E-state index contributed by atoms with van der Waals surface area (Å²) >= 11 is 3.80. The van der Waals surface area contributed by atoms with Gasteiger partial charge in [-0.3, -0.25) is 9.59 Å². The van der Waals surface area contributed by atoms with Crippen LogP contribution in [0.1, 0.15) is 22.3 Å². The number of aliphatic carboxylic acids is 1. The molecule has 0 aliphatic carbocycles. The van der Waals surface area contributed by atoms with E-state index in [0.717, 1.165) is 36.6 Å². The Balaban J connectivity index is 1.45. The Labute approximate surface area is 219 Å². The lowest BCUT2D eigenvalue weighted by Crippen LogP contribution is -2.25. The molecule has 1 amide bonds. The molecule has 0 aliphatic rings. The van der Waals surface area contributed by atoms with E-state index in [0.29, 0.717) is 12.1 Å². The zero-order valence-electron chi connectivity index (χ0n) is 18.4. The molecular formula is C26H21FIN3O3S. The Morgan fingerprint density at radius 3 is 2.49 bits per heavy atom. The van der Waals surface area contributed by atoms with Crippen molar-refractivity contribution in [2.24, 2.45) is 0 Å². The van der Waals surface area contributed by atoms with Crippen molar-refractivity contribution in [2.45, 2.75) is 13.0 Å². The number of carboxylic acids is 1. The highest BCUT2D eigenvalue weighted by Gasteiger charge is 2.12. The van der Waals surface area contributed by atoms with E-state index < -0.39 is 5.97 Å². The lowest BCUT2D eigenvalue weighted by Gasteiger charge is -2.12. The van der Waals surface area contributed by atoms with E-state index >= 15 is 0 Å². The van der Waals surface area contributed by atoms with Crippen LogP contribution in [0.4, 0.5) is 10.1 Å². The minimum atomic E-state index is -0.953. The average Bonchev–Trinajstić information content (AvgIpc) is 3.34. The first-order valence-corrected chi connectivity index (χ1v) is 12.7. The minimum absolute atomic E-state index is 0.0900. The molecule has 178 valence electrons. The molecular weight excluding hydrogens is 580 g/mol. The third kappa shape index (κ3) is 6.64. The molecule has 0 fully saturated rings. The van der Waals surface area contributed by atoms with Crippen LogP contribution in [0.15, 0.2) is 72.1 Å². The first-order valence-electron chi connectivity index (χ1n) is 10.7. The Hall–Kier alpha value is -3.31. The Morgan fingerprint density at radius 1 is 1.03 bits per heavy atom. The van der Waals surface area contributed by atoms with Gasteiger partial charge in [-0.15, -0.1) is 11.3 Å². The largest absolute Gasteiger partial charge is 0.481 e. The third-order valence-electron chi connectivity index (χ3n) is 5.18. The van der Waals surface area contributed by atoms with Crippen molar-refractivity contribution in [3.8, 4) is 21.8 Å². The van der Waals surface area contributed by atoms with Gasteiger partial charge in [0.15, 0.2) is 0 Å². The molecule has 6 nitrogen and oxygen atoms in total. The average molecular weight is 601 g/mol. The zero-order valence-corrected chi connectivity index (χ0v) is 21.4. The van der Waals surface area contributed by atoms with Crippen molar-refractivity contribution in [3.05, 3.63) is 92.6 Å². The lowest BCUT2D eigenvalue weighted by atomic mass is 10.1. The molecule has 0 saturated heterocycles. The van der Waals surface area contributed by atoms with Gasteiger partial charge in [-0.05, 0) is 82.8 Å². The zero-order chi connectivity index (χ0) is 24.8. The Bertz CT molecular complexity index is 1340. The molecule has 1 aromatic heterocycles. The number of nitrogens with one attached hydrogen (secondary N) is 2. The highest BCUT2D eigenvalue weighted by molar-refractivity contribution is 14.1. The van der Waals surface area contributed by atoms with Crippen molar-refractivity contribution in [1.82, 2.24) is 10.3 Å². The van der Waals surface area contributed by atoms with Crippen LogP contribution in [0.2, 0.25) is 0 Å². The number of aromatic nitrogens is 1. The number of carbonyl (C=O) groups is 2. The van der Waals surface area contributed by atoms with Crippen LogP contribution in [0, 0.1) is 9.39 Å². The predicted octanol–water partition coefficient (Wildman–Crippen LogP) is 6.04. The first kappa shape index (κ1) is 24.8. The molecule has 3 N–H and O–H groups in total. The van der Waals surface area contributed by atoms with Gasteiger partial charge in [0.25, 0.3) is 5.91 Å². The fourth-order valence-electron chi connectivity index (χ4n) is 3.35. The van der Waals surface area contributed by atoms with Crippen molar-refractivity contribution >= 4 is 51.5 Å². The highest BCUT2D eigenvalue weighted by atomic mass is 127. The second-order valence-corrected chi connectivity index (χ2v) is 9.79. The van der Waals surface area contributed by atoms with Crippen LogP contribution in [-0.2, 0) is 11.3 Å². The molecule has 0 unspecified atom stereocenters. The van der Waals surface area contributed by atoms with E-state index in [1.165, 1.54) is 23.5 Å². The van der Waals surface area contributed by atoms with Crippen molar-refractivity contribution in [1.29, 1.82) is 0 Å². The molecule has 4 aromatic rings. The van der Waals surface area contributed by atoms with Crippen LogP contribution >= 0.6 is 33.9 Å². The molecule has 4 rings (SSSR count). The number of thiazole rings is 1. The summed E-state index contributed by atoms with van der Waals surface area (Å²) in [7, 11) is 0. The van der Waals surface area contributed by atoms with Crippen LogP contribution < -0.4 is 10.6 Å². The third-order valence-corrected chi connectivity index (χ3v) is 6.73. The maximum absolute atomic E-state index is 13.3. The number of carbonyl (C=O) groups excluding carboxylic acids is 1. The van der Waals surface area contributed by atoms with Crippen molar-refractivity contribution < 1.29 is 19.1 Å². The van der Waals surface area contributed by atoms with Crippen LogP contribution in [0.3, 0.4) is 0 Å². The number of amides is 1. The van der Waals surface area contributed by atoms with E-state index in [1.54, 1.807) is 24.3 Å². The standard InChI is InChI=1S/C26H21FIN3O3S/c27-19-7-5-17(6-8-19)23-15-35-26(31-23)21-13-20(28)9-10-22(21)30-14-16-1-3-18(4-2-16)25(34)29-12-11-24(32)33/h1-10,13,15,30H,11-12,14H2,(H,29,34)(H,32,33). The monoisotopic (exact) mass is 601 g/mol. The van der Waals surface area contributed by atoms with Gasteiger partial charge in [-0.25, -0.2) is 9.37 Å². The number of halogens is 2. The fraction of sp³-hybridized carbons (Fsp3) is 0.115. The molecule has 0 bridgehead atoms. The molecule has 0 saturated carbocycles. The smallest absolute Gasteiger partial charge is 0.305 e. The number of hydrogen-bond donors (Lipinski definition) is 3. The molecule has 0 atom stereocenters. The first-order chi connectivity index (χ1) is 16.9. The molecule has 9 heteroatoms. The SMILES string of the molecule is O=C(O)CCNC(=O)c1ccc(CNc2ccc(I)cc2-c2nc(-c3ccc(F)cc3)cs2)cc1. The highest BCUT2D eigenvalue weighted by Crippen LogP contribution is 2.35. The summed E-state index contributed by atoms with van der Waals surface area (Å²) in [6.07, 6.45) is -0.115. The molecule has 35 heavy (non-hydrogen) atoms. The summed E-state index contributed by atoms with van der Waals surface area (Å²) in [6, 6.07) is 19.6. The van der Waals surface area contributed by atoms with E-state index in [-0.39, 0.29) is 24.7 Å². The Morgan fingerprint density at radius 2 is 1.77 bits per heavy atom. The van der Waals surface area contributed by atoms with E-state index in [4.69, 9.17) is 10.1 Å². The number of benzene rings is 3. The van der Waals surface area contributed by atoms with Gasteiger partial charge in [0.1, 0.15) is 10.8 Å². The lowest BCUT2D eigenvalue weighted by molar-refractivity contribution is -0.136. The number of anilines is 1.